The van der Waals surface area contributed by atoms with Crippen molar-refractivity contribution >= 4 is 17.3 Å². The van der Waals surface area contributed by atoms with Crippen LogP contribution in [0.25, 0.3) is 0 Å². The Morgan fingerprint density at radius 3 is 2.26 bits per heavy atom. The Morgan fingerprint density at radius 1 is 1.11 bits per heavy atom. The van der Waals surface area contributed by atoms with E-state index in [1.807, 2.05) is 62.3 Å². The number of likely N-dealkylation sites (N-methyl/N-ethyl adjacent to an activating group) is 1. The van der Waals surface area contributed by atoms with Gasteiger partial charge in [0.25, 0.3) is 11.6 Å². The van der Waals surface area contributed by atoms with Gasteiger partial charge in [-0.15, -0.1) is 0 Å². The Balaban J connectivity index is 2.13. The van der Waals surface area contributed by atoms with Crippen molar-refractivity contribution in [3.8, 4) is 0 Å². The Labute approximate surface area is 159 Å². The molecule has 2 rings (SSSR count). The highest BCUT2D eigenvalue weighted by Gasteiger charge is 2.18. The van der Waals surface area contributed by atoms with E-state index >= 15 is 0 Å². The van der Waals surface area contributed by atoms with Gasteiger partial charge in [-0.05, 0) is 44.8 Å². The van der Waals surface area contributed by atoms with Crippen LogP contribution in [0, 0.1) is 17.0 Å². The average Bonchev–Trinajstić information content (AvgIpc) is 2.62. The molecular formula is C20H26N4O3. The average molecular weight is 370 g/mol. The summed E-state index contributed by atoms with van der Waals surface area (Å²) < 4.78 is 0. The molecule has 1 amide bonds. The first kappa shape index (κ1) is 20.4. The number of amides is 1. The standard InChI is InChI=1S/C20H26N4O3/c1-14-6-7-16(12-18(14)24(26)27)20(25)21-13-19(23(4)5)15-8-10-17(11-9-15)22(2)3/h6-12,19H,13H2,1-5H3,(H,21,25). The largest absolute Gasteiger partial charge is 0.378 e. The maximum absolute atomic E-state index is 12.5. The van der Waals surface area contributed by atoms with Crippen LogP contribution < -0.4 is 10.2 Å². The SMILES string of the molecule is Cc1ccc(C(=O)NCC(c2ccc(N(C)C)cc2)N(C)C)cc1[N+](=O)[O-]. The number of benzene rings is 2. The number of nitrogens with one attached hydrogen (secondary N) is 1. The molecule has 0 aromatic heterocycles. The second-order valence-electron chi connectivity index (χ2n) is 6.93. The van der Waals surface area contributed by atoms with Gasteiger partial charge in [0.05, 0.1) is 11.0 Å². The number of carbonyl (C=O) groups excluding carboxylic acids is 1. The highest BCUT2D eigenvalue weighted by Crippen LogP contribution is 2.22. The third kappa shape index (κ3) is 5.04. The van der Waals surface area contributed by atoms with Gasteiger partial charge in [0.1, 0.15) is 0 Å². The number of nitrogens with zero attached hydrogens (tertiary/aromatic N) is 3. The number of aryl methyl sites for hydroxylation is 1. The molecule has 0 aliphatic carbocycles. The molecule has 0 fully saturated rings. The molecular weight excluding hydrogens is 344 g/mol. The molecule has 0 aliphatic rings. The Hall–Kier alpha value is -2.93. The van der Waals surface area contributed by atoms with E-state index in [0.717, 1.165) is 11.3 Å². The van der Waals surface area contributed by atoms with Crippen LogP contribution in [-0.2, 0) is 0 Å². The third-order valence-corrected chi connectivity index (χ3v) is 4.54. The first-order valence-electron chi connectivity index (χ1n) is 8.67. The van der Waals surface area contributed by atoms with Crippen LogP contribution in [0.15, 0.2) is 42.5 Å². The second kappa shape index (κ2) is 8.64. The summed E-state index contributed by atoms with van der Waals surface area (Å²) in [4.78, 5) is 27.1. The van der Waals surface area contributed by atoms with Crippen molar-refractivity contribution in [1.29, 1.82) is 0 Å². The quantitative estimate of drug-likeness (QED) is 0.599. The van der Waals surface area contributed by atoms with Crippen LogP contribution >= 0.6 is 0 Å². The summed E-state index contributed by atoms with van der Waals surface area (Å²) in [6, 6.07) is 12.7. The zero-order valence-corrected chi connectivity index (χ0v) is 16.4. The van der Waals surface area contributed by atoms with Crippen LogP contribution in [0.2, 0.25) is 0 Å². The molecule has 0 bridgehead atoms. The summed E-state index contributed by atoms with van der Waals surface area (Å²) in [6.07, 6.45) is 0. The van der Waals surface area contributed by atoms with E-state index in [1.54, 1.807) is 19.1 Å². The number of carbonyl (C=O) groups is 1. The van der Waals surface area contributed by atoms with Crippen molar-refractivity contribution in [2.75, 3.05) is 39.6 Å². The molecule has 1 atom stereocenters. The fraction of sp³-hybridized carbons (Fsp3) is 0.350. The minimum Gasteiger partial charge on any atom is -0.378 e. The van der Waals surface area contributed by atoms with E-state index in [2.05, 4.69) is 5.32 Å². The molecule has 0 saturated heterocycles. The highest BCUT2D eigenvalue weighted by molar-refractivity contribution is 5.95. The fourth-order valence-corrected chi connectivity index (χ4v) is 2.83. The zero-order valence-electron chi connectivity index (χ0n) is 16.4. The number of anilines is 1. The monoisotopic (exact) mass is 370 g/mol. The summed E-state index contributed by atoms with van der Waals surface area (Å²) in [6.45, 7) is 2.05. The van der Waals surface area contributed by atoms with Gasteiger partial charge >= 0.3 is 0 Å². The number of hydrogen-bond acceptors (Lipinski definition) is 5. The van der Waals surface area contributed by atoms with Crippen molar-refractivity contribution in [3.63, 3.8) is 0 Å². The van der Waals surface area contributed by atoms with Crippen LogP contribution in [-0.4, -0.2) is 50.5 Å². The van der Waals surface area contributed by atoms with Gasteiger partial charge in [-0.2, -0.15) is 0 Å². The molecule has 0 radical (unpaired) electrons. The second-order valence-corrected chi connectivity index (χ2v) is 6.93. The van der Waals surface area contributed by atoms with Crippen molar-refractivity contribution in [2.24, 2.45) is 0 Å². The molecule has 27 heavy (non-hydrogen) atoms. The van der Waals surface area contributed by atoms with Crippen molar-refractivity contribution in [2.45, 2.75) is 13.0 Å². The van der Waals surface area contributed by atoms with E-state index in [1.165, 1.54) is 6.07 Å². The lowest BCUT2D eigenvalue weighted by molar-refractivity contribution is -0.385. The van der Waals surface area contributed by atoms with Crippen LogP contribution in [0.3, 0.4) is 0 Å². The lowest BCUT2D eigenvalue weighted by atomic mass is 10.0. The zero-order chi connectivity index (χ0) is 20.1. The van der Waals surface area contributed by atoms with Gasteiger partial charge in [-0.3, -0.25) is 14.9 Å². The first-order valence-corrected chi connectivity index (χ1v) is 8.67. The molecule has 1 N–H and O–H groups in total. The fourth-order valence-electron chi connectivity index (χ4n) is 2.83. The van der Waals surface area contributed by atoms with Crippen molar-refractivity contribution < 1.29 is 9.72 Å². The maximum Gasteiger partial charge on any atom is 0.273 e. The lowest BCUT2D eigenvalue weighted by Crippen LogP contribution is -2.34. The molecule has 0 spiro atoms. The summed E-state index contributed by atoms with van der Waals surface area (Å²) in [5, 5.41) is 14.0. The molecule has 0 heterocycles. The van der Waals surface area contributed by atoms with Crippen molar-refractivity contribution in [1.82, 2.24) is 10.2 Å². The molecule has 0 saturated carbocycles. The predicted molar refractivity (Wildman–Crippen MR) is 107 cm³/mol. The Kier molecular flexibility index (Phi) is 6.52. The van der Waals surface area contributed by atoms with Gasteiger partial charge in [0, 0.05) is 43.5 Å². The van der Waals surface area contributed by atoms with Crippen molar-refractivity contribution in [3.05, 3.63) is 69.3 Å². The van der Waals surface area contributed by atoms with Gasteiger partial charge in [-0.25, -0.2) is 0 Å². The van der Waals surface area contributed by atoms with Crippen LogP contribution in [0.5, 0.6) is 0 Å². The number of hydrogen-bond donors (Lipinski definition) is 1. The molecule has 1 unspecified atom stereocenters. The van der Waals surface area contributed by atoms with E-state index < -0.39 is 4.92 Å². The summed E-state index contributed by atoms with van der Waals surface area (Å²) in [7, 11) is 7.87. The van der Waals surface area contributed by atoms with Gasteiger partial charge in [0.15, 0.2) is 0 Å². The van der Waals surface area contributed by atoms with E-state index in [9.17, 15) is 14.9 Å². The maximum atomic E-state index is 12.5. The molecule has 0 aliphatic heterocycles. The van der Waals surface area contributed by atoms with Gasteiger partial charge in [0.2, 0.25) is 0 Å². The normalized spacial score (nSPS) is 11.9. The Bertz CT molecular complexity index is 816. The number of nitro groups is 1. The summed E-state index contributed by atoms with van der Waals surface area (Å²) in [5.74, 6) is -0.324. The van der Waals surface area contributed by atoms with Crippen LogP contribution in [0.1, 0.15) is 27.5 Å². The van der Waals surface area contributed by atoms with Gasteiger partial charge in [-0.1, -0.05) is 18.2 Å². The van der Waals surface area contributed by atoms with E-state index in [0.29, 0.717) is 12.1 Å². The minimum atomic E-state index is -0.471. The molecule has 7 heteroatoms. The van der Waals surface area contributed by atoms with Gasteiger partial charge < -0.3 is 15.1 Å². The van der Waals surface area contributed by atoms with E-state index in [4.69, 9.17) is 0 Å². The predicted octanol–water partition coefficient (Wildman–Crippen LogP) is 3.00. The molecule has 144 valence electrons. The molecule has 2 aromatic rings. The number of nitro benzene ring substituents is 1. The van der Waals surface area contributed by atoms with Crippen LogP contribution in [0.4, 0.5) is 11.4 Å². The Morgan fingerprint density at radius 2 is 1.74 bits per heavy atom. The smallest absolute Gasteiger partial charge is 0.273 e. The first-order chi connectivity index (χ1) is 12.7. The summed E-state index contributed by atoms with van der Waals surface area (Å²) >= 11 is 0. The third-order valence-electron chi connectivity index (χ3n) is 4.54. The summed E-state index contributed by atoms with van der Waals surface area (Å²) in [5.41, 5.74) is 2.95. The topological polar surface area (TPSA) is 78.7 Å². The lowest BCUT2D eigenvalue weighted by Gasteiger charge is -2.26. The molecule has 7 nitrogen and oxygen atoms in total. The minimum absolute atomic E-state index is 0.00871. The molecule has 2 aromatic carbocycles. The number of rotatable bonds is 7. The highest BCUT2D eigenvalue weighted by atomic mass is 16.6. The van der Waals surface area contributed by atoms with E-state index in [-0.39, 0.29) is 23.2 Å².